The van der Waals surface area contributed by atoms with Crippen LogP contribution < -0.4 is 0 Å². The van der Waals surface area contributed by atoms with E-state index in [9.17, 15) is 13.6 Å². The van der Waals surface area contributed by atoms with Crippen LogP contribution in [0.3, 0.4) is 0 Å². The first-order chi connectivity index (χ1) is 9.54. The monoisotopic (exact) mass is 282 g/mol. The second-order valence-electron chi connectivity index (χ2n) is 4.81. The van der Waals surface area contributed by atoms with Crippen LogP contribution in [-0.4, -0.2) is 32.8 Å². The van der Waals surface area contributed by atoms with Gasteiger partial charge in [-0.05, 0) is 12.8 Å². The topological polar surface area (TPSA) is 64.3 Å². The Labute approximate surface area is 112 Å². The molecule has 0 spiro atoms. The van der Waals surface area contributed by atoms with Crippen molar-refractivity contribution in [3.63, 3.8) is 0 Å². The van der Waals surface area contributed by atoms with Crippen LogP contribution >= 0.6 is 0 Å². The molecule has 1 aromatic carbocycles. The third-order valence-corrected chi connectivity index (χ3v) is 3.45. The maximum atomic E-state index is 13.3. The Bertz CT molecular complexity index is 671. The number of fused-ring (bicyclic) bond motifs is 1. The molecule has 0 radical (unpaired) electrons. The summed E-state index contributed by atoms with van der Waals surface area (Å²) in [5, 5.41) is 8.86. The summed E-state index contributed by atoms with van der Waals surface area (Å²) in [6.07, 6.45) is 1.49. The second-order valence-corrected chi connectivity index (χ2v) is 4.81. The Balaban J connectivity index is 1.82. The van der Waals surface area contributed by atoms with Crippen LogP contribution in [0.2, 0.25) is 0 Å². The molecule has 1 N–H and O–H groups in total. The molecule has 0 amide bonds. The van der Waals surface area contributed by atoms with Crippen LogP contribution in [0.4, 0.5) is 8.78 Å². The Kier molecular flexibility index (Phi) is 3.13. The normalized spacial score (nSPS) is 22.5. The molecular weight excluding hydrogens is 270 g/mol. The third kappa shape index (κ3) is 2.24. The lowest BCUT2D eigenvalue weighted by Gasteiger charge is -2.12. The molecule has 7 heteroatoms. The maximum Gasteiger partial charge on any atom is 0.332 e. The van der Waals surface area contributed by atoms with Crippen molar-refractivity contribution in [2.45, 2.75) is 31.6 Å². The molecule has 1 aromatic heterocycles. The van der Waals surface area contributed by atoms with Gasteiger partial charge in [0, 0.05) is 12.1 Å². The second kappa shape index (κ2) is 4.82. The van der Waals surface area contributed by atoms with E-state index in [1.165, 1.54) is 6.33 Å². The van der Waals surface area contributed by atoms with E-state index in [2.05, 4.69) is 4.98 Å². The van der Waals surface area contributed by atoms with Crippen LogP contribution in [0.25, 0.3) is 11.0 Å². The molecule has 106 valence electrons. The SMILES string of the molecule is O=C(O)C1CCC(Cn2cnc3cc(F)c(F)cc32)O1. The minimum Gasteiger partial charge on any atom is -0.479 e. The highest BCUT2D eigenvalue weighted by molar-refractivity contribution is 5.75. The molecule has 2 heterocycles. The van der Waals surface area contributed by atoms with E-state index in [-0.39, 0.29) is 6.10 Å². The van der Waals surface area contributed by atoms with Gasteiger partial charge in [-0.1, -0.05) is 0 Å². The highest BCUT2D eigenvalue weighted by Crippen LogP contribution is 2.24. The summed E-state index contributed by atoms with van der Waals surface area (Å²) in [6.45, 7) is 0.366. The quantitative estimate of drug-likeness (QED) is 0.934. The van der Waals surface area contributed by atoms with Crippen LogP contribution in [0.15, 0.2) is 18.5 Å². The van der Waals surface area contributed by atoms with Gasteiger partial charge < -0.3 is 14.4 Å². The lowest BCUT2D eigenvalue weighted by Crippen LogP contribution is -2.22. The van der Waals surface area contributed by atoms with Crippen molar-refractivity contribution in [2.75, 3.05) is 0 Å². The standard InChI is InChI=1S/C13H12F2N2O3/c14-8-3-10-11(4-9(8)15)17(6-16-10)5-7-1-2-12(20-7)13(18)19/h3-4,6-7,12H,1-2,5H2,(H,18,19). The van der Waals surface area contributed by atoms with Gasteiger partial charge in [-0.2, -0.15) is 0 Å². The zero-order valence-electron chi connectivity index (χ0n) is 10.4. The summed E-state index contributed by atoms with van der Waals surface area (Å²) in [5.74, 6) is -2.85. The van der Waals surface area contributed by atoms with Crippen molar-refractivity contribution in [1.82, 2.24) is 9.55 Å². The van der Waals surface area contributed by atoms with Gasteiger partial charge in [-0.15, -0.1) is 0 Å². The zero-order valence-corrected chi connectivity index (χ0v) is 10.4. The minimum absolute atomic E-state index is 0.262. The first-order valence-electron chi connectivity index (χ1n) is 6.23. The van der Waals surface area contributed by atoms with Crippen LogP contribution in [-0.2, 0) is 16.1 Å². The Morgan fingerprint density at radius 1 is 1.40 bits per heavy atom. The molecule has 1 aliphatic rings. The van der Waals surface area contributed by atoms with Crippen molar-refractivity contribution in [2.24, 2.45) is 0 Å². The molecule has 1 aliphatic heterocycles. The number of aromatic nitrogens is 2. The number of hydrogen-bond acceptors (Lipinski definition) is 3. The van der Waals surface area contributed by atoms with E-state index in [0.717, 1.165) is 12.1 Å². The summed E-state index contributed by atoms with van der Waals surface area (Å²) >= 11 is 0. The molecule has 2 unspecified atom stereocenters. The zero-order chi connectivity index (χ0) is 14.3. The summed E-state index contributed by atoms with van der Waals surface area (Å²) in [6, 6.07) is 2.12. The first kappa shape index (κ1) is 13.0. The molecule has 0 saturated carbocycles. The van der Waals surface area contributed by atoms with Gasteiger partial charge in [0.15, 0.2) is 17.7 Å². The van der Waals surface area contributed by atoms with Crippen molar-refractivity contribution >= 4 is 17.0 Å². The molecule has 1 fully saturated rings. The number of imidazole rings is 1. The average molecular weight is 282 g/mol. The fourth-order valence-electron chi connectivity index (χ4n) is 2.44. The number of benzene rings is 1. The van der Waals surface area contributed by atoms with Gasteiger partial charge in [0.05, 0.1) is 30.0 Å². The van der Waals surface area contributed by atoms with E-state index >= 15 is 0 Å². The summed E-state index contributed by atoms with van der Waals surface area (Å²) in [7, 11) is 0. The molecule has 2 atom stereocenters. The number of aliphatic carboxylic acids is 1. The number of carboxylic acids is 1. The Morgan fingerprint density at radius 3 is 2.85 bits per heavy atom. The lowest BCUT2D eigenvalue weighted by atomic mass is 10.2. The van der Waals surface area contributed by atoms with Gasteiger partial charge in [0.25, 0.3) is 0 Å². The number of carboxylic acid groups (broad SMARTS) is 1. The van der Waals surface area contributed by atoms with E-state index in [1.54, 1.807) is 4.57 Å². The van der Waals surface area contributed by atoms with Crippen molar-refractivity contribution in [1.29, 1.82) is 0 Å². The van der Waals surface area contributed by atoms with Crippen molar-refractivity contribution in [3.8, 4) is 0 Å². The summed E-state index contributed by atoms with van der Waals surface area (Å²) in [4.78, 5) is 14.8. The predicted molar refractivity (Wildman–Crippen MR) is 65.2 cm³/mol. The fraction of sp³-hybridized carbons (Fsp3) is 0.385. The Hall–Kier alpha value is -2.02. The summed E-state index contributed by atoms with van der Waals surface area (Å²) in [5.41, 5.74) is 0.822. The Morgan fingerprint density at radius 2 is 2.15 bits per heavy atom. The fourth-order valence-corrected chi connectivity index (χ4v) is 2.44. The third-order valence-electron chi connectivity index (χ3n) is 3.45. The smallest absolute Gasteiger partial charge is 0.332 e. The predicted octanol–water partition coefficient (Wildman–Crippen LogP) is 1.95. The largest absolute Gasteiger partial charge is 0.479 e. The number of hydrogen-bond donors (Lipinski definition) is 1. The van der Waals surface area contributed by atoms with Gasteiger partial charge in [0.1, 0.15) is 0 Å². The van der Waals surface area contributed by atoms with Crippen molar-refractivity contribution in [3.05, 3.63) is 30.1 Å². The molecule has 5 nitrogen and oxygen atoms in total. The lowest BCUT2D eigenvalue weighted by molar-refractivity contribution is -0.149. The van der Waals surface area contributed by atoms with Gasteiger partial charge >= 0.3 is 5.97 Å². The molecule has 20 heavy (non-hydrogen) atoms. The molecular formula is C13H12F2N2O3. The molecule has 3 rings (SSSR count). The van der Waals surface area contributed by atoms with Crippen molar-refractivity contribution < 1.29 is 23.4 Å². The van der Waals surface area contributed by atoms with E-state index in [1.807, 2.05) is 0 Å². The highest BCUT2D eigenvalue weighted by Gasteiger charge is 2.30. The van der Waals surface area contributed by atoms with Crippen LogP contribution in [0.1, 0.15) is 12.8 Å². The number of rotatable bonds is 3. The van der Waals surface area contributed by atoms with Gasteiger partial charge in [-0.25, -0.2) is 18.6 Å². The minimum atomic E-state index is -0.976. The van der Waals surface area contributed by atoms with Gasteiger partial charge in [0.2, 0.25) is 0 Å². The van der Waals surface area contributed by atoms with E-state index in [4.69, 9.17) is 9.84 Å². The highest BCUT2D eigenvalue weighted by atomic mass is 19.2. The van der Waals surface area contributed by atoms with Gasteiger partial charge in [-0.3, -0.25) is 0 Å². The maximum absolute atomic E-state index is 13.3. The number of ether oxygens (including phenoxy) is 1. The molecule has 0 aliphatic carbocycles. The number of halogens is 2. The summed E-state index contributed by atoms with van der Waals surface area (Å²) < 4.78 is 33.4. The van der Waals surface area contributed by atoms with E-state index < -0.39 is 23.7 Å². The van der Waals surface area contributed by atoms with Crippen LogP contribution in [0.5, 0.6) is 0 Å². The molecule has 0 bridgehead atoms. The average Bonchev–Trinajstić information content (AvgIpc) is 3.00. The first-order valence-corrected chi connectivity index (χ1v) is 6.23. The number of carbonyl (C=O) groups is 1. The molecule has 2 aromatic rings. The van der Waals surface area contributed by atoms with Crippen LogP contribution in [0, 0.1) is 11.6 Å². The number of nitrogens with zero attached hydrogens (tertiary/aromatic N) is 2. The van der Waals surface area contributed by atoms with E-state index in [0.29, 0.717) is 30.4 Å². The molecule has 1 saturated heterocycles.